The van der Waals surface area contributed by atoms with Crippen molar-refractivity contribution < 1.29 is 4.79 Å². The Morgan fingerprint density at radius 2 is 1.87 bits per heavy atom. The fourth-order valence-corrected chi connectivity index (χ4v) is 4.86. The van der Waals surface area contributed by atoms with E-state index in [-0.39, 0.29) is 5.69 Å². The van der Waals surface area contributed by atoms with Crippen LogP contribution in [0.4, 0.5) is 0 Å². The Balaban J connectivity index is 1.63. The lowest BCUT2D eigenvalue weighted by Gasteiger charge is -2.14. The number of tetrazole rings is 1. The third-order valence-electron chi connectivity index (χ3n) is 6.68. The summed E-state index contributed by atoms with van der Waals surface area (Å²) < 4.78 is 5.39. The van der Waals surface area contributed by atoms with Gasteiger partial charge in [-0.25, -0.2) is 9.89 Å². The van der Waals surface area contributed by atoms with Crippen LogP contribution >= 0.6 is 0 Å². The van der Waals surface area contributed by atoms with Crippen LogP contribution < -0.4 is 5.69 Å². The van der Waals surface area contributed by atoms with E-state index in [0.717, 1.165) is 59.9 Å². The number of hydrogen-bond acceptors (Lipinski definition) is 6. The van der Waals surface area contributed by atoms with Gasteiger partial charge in [0.05, 0.1) is 12.1 Å². The molecule has 0 saturated carbocycles. The fraction of sp³-hybridized carbons (Fsp3) is 0.286. The minimum atomic E-state index is -0.183. The fourth-order valence-electron chi connectivity index (χ4n) is 4.86. The molecule has 1 aromatic carbocycles. The number of carbonyl (C=O) groups is 1. The summed E-state index contributed by atoms with van der Waals surface area (Å²) in [4.78, 5) is 30.2. The number of hydrogen-bond donors (Lipinski definition) is 1. The van der Waals surface area contributed by atoms with Crippen molar-refractivity contribution in [2.24, 2.45) is 0 Å². The molecule has 0 saturated heterocycles. The molecule has 0 unspecified atom stereocenters. The molecule has 5 rings (SSSR count). The Labute approximate surface area is 220 Å². The van der Waals surface area contributed by atoms with Crippen molar-refractivity contribution >= 4 is 6.29 Å². The first-order chi connectivity index (χ1) is 18.7. The van der Waals surface area contributed by atoms with Crippen molar-refractivity contribution in [1.29, 1.82) is 0 Å². The van der Waals surface area contributed by atoms with Crippen molar-refractivity contribution in [3.05, 3.63) is 88.5 Å². The van der Waals surface area contributed by atoms with Gasteiger partial charge in [-0.2, -0.15) is 0 Å². The van der Waals surface area contributed by atoms with E-state index >= 15 is 0 Å². The smallest absolute Gasteiger partial charge is 0.333 e. The normalized spacial score (nSPS) is 11.2. The second-order valence-electron chi connectivity index (χ2n) is 9.20. The second-order valence-corrected chi connectivity index (χ2v) is 9.20. The maximum absolute atomic E-state index is 13.9. The van der Waals surface area contributed by atoms with Crippen LogP contribution in [0, 0.1) is 0 Å². The van der Waals surface area contributed by atoms with E-state index in [2.05, 4.69) is 39.5 Å². The largest absolute Gasteiger partial charge is 0.334 e. The number of imidazole rings is 1. The minimum absolute atomic E-state index is 0.183. The molecule has 4 aromatic heterocycles. The highest BCUT2D eigenvalue weighted by molar-refractivity contribution is 5.82. The first-order valence-electron chi connectivity index (χ1n) is 12.9. The molecular formula is C28H30N8O2. The average Bonchev–Trinajstić information content (AvgIpc) is 3.69. The Morgan fingerprint density at radius 3 is 2.61 bits per heavy atom. The summed E-state index contributed by atoms with van der Waals surface area (Å²) in [6.45, 7) is 5.25. The number of H-pyrrole nitrogens is 1. The predicted molar refractivity (Wildman–Crippen MR) is 144 cm³/mol. The highest BCUT2D eigenvalue weighted by atomic mass is 16.2. The van der Waals surface area contributed by atoms with E-state index < -0.39 is 0 Å². The lowest BCUT2D eigenvalue weighted by atomic mass is 9.96. The number of aryl methyl sites for hydroxylation is 2. The van der Waals surface area contributed by atoms with Crippen molar-refractivity contribution in [2.45, 2.75) is 52.6 Å². The molecule has 10 heteroatoms. The third-order valence-corrected chi connectivity index (χ3v) is 6.68. The summed E-state index contributed by atoms with van der Waals surface area (Å²) in [6, 6.07) is 11.6. The molecule has 4 heterocycles. The van der Waals surface area contributed by atoms with Crippen molar-refractivity contribution in [1.82, 2.24) is 39.3 Å². The van der Waals surface area contributed by atoms with Gasteiger partial charge in [-0.3, -0.25) is 18.9 Å². The first-order valence-corrected chi connectivity index (χ1v) is 12.9. The lowest BCUT2D eigenvalue weighted by molar-refractivity contribution is 0.112. The Kier molecular flexibility index (Phi) is 7.39. The molecular weight excluding hydrogens is 480 g/mol. The summed E-state index contributed by atoms with van der Waals surface area (Å²) in [7, 11) is 0. The topological polar surface area (TPSA) is 116 Å². The minimum Gasteiger partial charge on any atom is -0.333 e. The number of aromatic amines is 1. The summed E-state index contributed by atoms with van der Waals surface area (Å²) in [6.07, 6.45) is 11.7. The van der Waals surface area contributed by atoms with Gasteiger partial charge in [0.25, 0.3) is 0 Å². The molecule has 0 radical (unpaired) electrons. The summed E-state index contributed by atoms with van der Waals surface area (Å²) in [5.41, 5.74) is 4.86. The van der Waals surface area contributed by atoms with Crippen LogP contribution in [0.15, 0.2) is 66.0 Å². The van der Waals surface area contributed by atoms with Gasteiger partial charge in [-0.1, -0.05) is 44.5 Å². The zero-order chi connectivity index (χ0) is 26.5. The van der Waals surface area contributed by atoms with Gasteiger partial charge in [0.1, 0.15) is 5.82 Å². The number of unbranched alkanes of at least 4 members (excludes halogenated alkanes) is 1. The highest BCUT2D eigenvalue weighted by Gasteiger charge is 2.20. The number of carbonyl (C=O) groups excluding carboxylic acids is 1. The molecule has 10 nitrogen and oxygen atoms in total. The van der Waals surface area contributed by atoms with Crippen LogP contribution in [-0.4, -0.2) is 45.6 Å². The van der Waals surface area contributed by atoms with Crippen LogP contribution in [0.5, 0.6) is 0 Å². The van der Waals surface area contributed by atoms with E-state index in [1.807, 2.05) is 47.3 Å². The van der Waals surface area contributed by atoms with Gasteiger partial charge in [0, 0.05) is 42.6 Å². The van der Waals surface area contributed by atoms with Crippen LogP contribution in [0.3, 0.4) is 0 Å². The van der Waals surface area contributed by atoms with E-state index in [4.69, 9.17) is 0 Å². The maximum Gasteiger partial charge on any atom is 0.334 e. The molecule has 0 amide bonds. The first kappa shape index (κ1) is 25.1. The van der Waals surface area contributed by atoms with Gasteiger partial charge in [0.15, 0.2) is 12.1 Å². The van der Waals surface area contributed by atoms with Crippen molar-refractivity contribution in [3.8, 4) is 28.3 Å². The SMILES string of the molecule is CCCCc1cn(-c2c(C=O)ccn2CCC)c(=O)n1Cc1cnccc1-c1ccccc1-c1nnn[nH]1. The molecule has 194 valence electrons. The average molecular weight is 511 g/mol. The number of nitrogens with zero attached hydrogens (tertiary/aromatic N) is 7. The van der Waals surface area contributed by atoms with Crippen LogP contribution in [-0.2, 0) is 19.5 Å². The molecule has 0 aliphatic carbocycles. The molecule has 0 atom stereocenters. The van der Waals surface area contributed by atoms with E-state index in [1.165, 1.54) is 0 Å². The number of rotatable bonds is 11. The van der Waals surface area contributed by atoms with Gasteiger partial charge >= 0.3 is 5.69 Å². The number of nitrogens with one attached hydrogen (secondary N) is 1. The molecule has 1 N–H and O–H groups in total. The highest BCUT2D eigenvalue weighted by Crippen LogP contribution is 2.32. The molecule has 0 aliphatic heterocycles. The van der Waals surface area contributed by atoms with Crippen LogP contribution in [0.1, 0.15) is 54.7 Å². The van der Waals surface area contributed by atoms with Crippen LogP contribution in [0.25, 0.3) is 28.3 Å². The molecule has 0 spiro atoms. The second kappa shape index (κ2) is 11.2. The Morgan fingerprint density at radius 1 is 1.03 bits per heavy atom. The van der Waals surface area contributed by atoms with E-state index in [1.54, 1.807) is 27.6 Å². The van der Waals surface area contributed by atoms with Gasteiger partial charge in [-0.05, 0) is 58.5 Å². The van der Waals surface area contributed by atoms with Crippen molar-refractivity contribution in [3.63, 3.8) is 0 Å². The molecule has 0 bridgehead atoms. The quantitative estimate of drug-likeness (QED) is 0.265. The van der Waals surface area contributed by atoms with Crippen molar-refractivity contribution in [2.75, 3.05) is 0 Å². The zero-order valence-corrected chi connectivity index (χ0v) is 21.5. The Hall–Kier alpha value is -4.60. The molecule has 0 aliphatic rings. The summed E-state index contributed by atoms with van der Waals surface area (Å²) in [5.74, 6) is 1.17. The maximum atomic E-state index is 13.9. The lowest BCUT2D eigenvalue weighted by Crippen LogP contribution is -2.26. The van der Waals surface area contributed by atoms with Gasteiger partial charge < -0.3 is 4.57 Å². The van der Waals surface area contributed by atoms with Crippen LogP contribution in [0.2, 0.25) is 0 Å². The standard InChI is InChI=1S/C28H30N8O2/c1-3-5-8-22-18-36(27-20(19-37)12-15-34(27)14-4-2)28(38)35(22)17-21-16-29-13-11-23(21)24-9-6-7-10-25(24)26-30-32-33-31-26/h6-7,9-13,15-16,18-19H,3-5,8,14,17H2,1-2H3,(H,30,31,32,33). The molecule has 38 heavy (non-hydrogen) atoms. The van der Waals surface area contributed by atoms with E-state index in [9.17, 15) is 9.59 Å². The van der Waals surface area contributed by atoms with E-state index in [0.29, 0.717) is 30.3 Å². The predicted octanol–water partition coefficient (Wildman–Crippen LogP) is 4.30. The van der Waals surface area contributed by atoms with Gasteiger partial charge in [0.2, 0.25) is 0 Å². The van der Waals surface area contributed by atoms with Gasteiger partial charge in [-0.15, -0.1) is 5.10 Å². The third kappa shape index (κ3) is 4.72. The summed E-state index contributed by atoms with van der Waals surface area (Å²) >= 11 is 0. The number of benzene rings is 1. The zero-order valence-electron chi connectivity index (χ0n) is 21.5. The monoisotopic (exact) mass is 510 g/mol. The molecule has 0 fully saturated rings. The number of pyridine rings is 1. The number of aldehydes is 1. The summed E-state index contributed by atoms with van der Waals surface area (Å²) in [5, 5.41) is 14.4. The molecule has 5 aromatic rings. The number of aromatic nitrogens is 8. The Bertz CT molecular complexity index is 1590.